The van der Waals surface area contributed by atoms with Gasteiger partial charge in [0.1, 0.15) is 18.3 Å². The number of likely N-dealkylation sites (tertiary alicyclic amines) is 1. The molecule has 4 heterocycles. The Hall–Kier alpha value is -4.87. The Balaban J connectivity index is 1.23. The minimum atomic E-state index is -1.19. The lowest BCUT2D eigenvalue weighted by Crippen LogP contribution is -2.44. The molecule has 12 heteroatoms. The fourth-order valence-corrected chi connectivity index (χ4v) is 6.15. The zero-order valence-corrected chi connectivity index (χ0v) is 25.7. The molecular weight excluding hydrogens is 577 g/mol. The van der Waals surface area contributed by atoms with E-state index in [9.17, 15) is 18.8 Å². The molecule has 45 heavy (non-hydrogen) atoms. The Labute approximate surface area is 259 Å². The number of nitrogens with one attached hydrogen (secondary N) is 1. The third-order valence-corrected chi connectivity index (χ3v) is 9.00. The first-order valence-corrected chi connectivity index (χ1v) is 15.0. The number of nitrogens with zero attached hydrogens (tertiary/aromatic N) is 5. The number of anilines is 1. The average Bonchev–Trinajstić information content (AvgIpc) is 3.56. The lowest BCUT2D eigenvalue weighted by Gasteiger charge is -2.39. The molecule has 2 aliphatic rings. The average molecular weight is 614 g/mol. The minimum absolute atomic E-state index is 0.0204. The Morgan fingerprint density at radius 2 is 1.98 bits per heavy atom. The van der Waals surface area contributed by atoms with Crippen molar-refractivity contribution in [1.29, 1.82) is 0 Å². The highest BCUT2D eigenvalue weighted by Crippen LogP contribution is 2.42. The summed E-state index contributed by atoms with van der Waals surface area (Å²) in [5.74, 6) is -0.447. The third-order valence-electron chi connectivity index (χ3n) is 9.00. The van der Waals surface area contributed by atoms with Crippen molar-refractivity contribution in [3.63, 3.8) is 0 Å². The summed E-state index contributed by atoms with van der Waals surface area (Å²) in [6.45, 7) is 7.89. The zero-order valence-electron chi connectivity index (χ0n) is 25.7. The van der Waals surface area contributed by atoms with Crippen LogP contribution in [0.15, 0.2) is 48.8 Å². The number of ether oxygens (including phenoxy) is 1. The highest BCUT2D eigenvalue weighted by molar-refractivity contribution is 6.05. The van der Waals surface area contributed by atoms with Crippen molar-refractivity contribution in [3.05, 3.63) is 65.6 Å². The van der Waals surface area contributed by atoms with Crippen LogP contribution in [0.4, 0.5) is 10.1 Å². The number of aromatic nitrogens is 4. The van der Waals surface area contributed by atoms with Crippen molar-refractivity contribution in [2.75, 3.05) is 18.4 Å². The van der Waals surface area contributed by atoms with Crippen LogP contribution in [0.2, 0.25) is 0 Å². The number of carbonyl (C=O) groups excluding carboxylic acids is 3. The summed E-state index contributed by atoms with van der Waals surface area (Å²) in [4.78, 5) is 40.6. The number of primary amides is 1. The summed E-state index contributed by atoms with van der Waals surface area (Å²) in [6, 6.07) is 10.5. The molecule has 3 unspecified atom stereocenters. The summed E-state index contributed by atoms with van der Waals surface area (Å²) >= 11 is 0. The van der Waals surface area contributed by atoms with Gasteiger partial charge in [0, 0.05) is 23.9 Å². The smallest absolute Gasteiger partial charge is 0.269 e. The molecule has 2 amide bonds. The fraction of sp³-hybridized carbons (Fsp3) is 0.394. The van der Waals surface area contributed by atoms with Gasteiger partial charge in [-0.2, -0.15) is 15.3 Å². The maximum Gasteiger partial charge on any atom is 0.269 e. The zero-order chi connectivity index (χ0) is 32.0. The summed E-state index contributed by atoms with van der Waals surface area (Å²) in [5, 5.41) is 15.9. The van der Waals surface area contributed by atoms with Gasteiger partial charge in [-0.3, -0.25) is 19.1 Å². The number of hydrogen-bond donors (Lipinski definition) is 2. The first-order chi connectivity index (χ1) is 21.4. The van der Waals surface area contributed by atoms with Crippen LogP contribution in [0.5, 0.6) is 5.75 Å². The number of carbonyl (C=O) groups is 3. The van der Waals surface area contributed by atoms with Crippen LogP contribution in [-0.2, 0) is 11.3 Å². The Kier molecular flexibility index (Phi) is 7.75. The molecule has 234 valence electrons. The first-order valence-electron chi connectivity index (χ1n) is 15.0. The van der Waals surface area contributed by atoms with E-state index >= 15 is 0 Å². The summed E-state index contributed by atoms with van der Waals surface area (Å²) < 4.78 is 22.7. The summed E-state index contributed by atoms with van der Waals surface area (Å²) in [5.41, 5.74) is 9.23. The molecule has 2 aliphatic heterocycles. The molecule has 2 aromatic heterocycles. The molecule has 11 nitrogen and oxygen atoms in total. The molecule has 3 N–H and O–H groups in total. The van der Waals surface area contributed by atoms with Crippen molar-refractivity contribution in [2.45, 2.75) is 64.9 Å². The van der Waals surface area contributed by atoms with Gasteiger partial charge < -0.3 is 20.7 Å². The number of hydrogen-bond acceptors (Lipinski definition) is 8. The number of alkyl halides is 1. The lowest BCUT2D eigenvalue weighted by molar-refractivity contribution is -0.132. The molecule has 2 aromatic carbocycles. The van der Waals surface area contributed by atoms with Gasteiger partial charge in [0.2, 0.25) is 5.91 Å². The molecule has 6 rings (SSSR count). The van der Waals surface area contributed by atoms with Gasteiger partial charge >= 0.3 is 0 Å². The van der Waals surface area contributed by atoms with Crippen LogP contribution in [-0.4, -0.2) is 73.4 Å². The van der Waals surface area contributed by atoms with E-state index in [1.807, 2.05) is 45.9 Å². The van der Waals surface area contributed by atoms with E-state index in [2.05, 4.69) is 20.6 Å². The number of rotatable bonds is 8. The molecule has 3 atom stereocenters. The van der Waals surface area contributed by atoms with Gasteiger partial charge in [-0.25, -0.2) is 4.39 Å². The van der Waals surface area contributed by atoms with Crippen LogP contribution in [0.1, 0.15) is 60.0 Å². The summed E-state index contributed by atoms with van der Waals surface area (Å²) in [7, 11) is 0. The van der Waals surface area contributed by atoms with Crippen LogP contribution < -0.4 is 15.8 Å². The van der Waals surface area contributed by atoms with E-state index in [1.165, 1.54) is 9.58 Å². The van der Waals surface area contributed by atoms with Gasteiger partial charge in [0.25, 0.3) is 5.91 Å². The predicted molar refractivity (Wildman–Crippen MR) is 167 cm³/mol. The minimum Gasteiger partial charge on any atom is -0.484 e. The van der Waals surface area contributed by atoms with Gasteiger partial charge in [-0.15, -0.1) is 0 Å². The number of nitrogens with two attached hydrogens (primary N) is 1. The van der Waals surface area contributed by atoms with E-state index < -0.39 is 23.7 Å². The maximum absolute atomic E-state index is 14.8. The van der Waals surface area contributed by atoms with Crippen molar-refractivity contribution >= 4 is 34.2 Å². The fourth-order valence-electron chi connectivity index (χ4n) is 6.15. The van der Waals surface area contributed by atoms with Crippen LogP contribution in [0, 0.1) is 12.8 Å². The highest BCUT2D eigenvalue weighted by Gasteiger charge is 2.41. The molecule has 0 radical (unpaired) electrons. The Bertz CT molecular complexity index is 1810. The number of aryl methyl sites for hydroxylation is 1. The van der Waals surface area contributed by atoms with Crippen molar-refractivity contribution in [3.8, 4) is 16.9 Å². The van der Waals surface area contributed by atoms with Crippen LogP contribution in [0.25, 0.3) is 22.0 Å². The van der Waals surface area contributed by atoms with Crippen molar-refractivity contribution in [2.24, 2.45) is 11.7 Å². The number of benzene rings is 2. The lowest BCUT2D eigenvalue weighted by atomic mass is 9.82. The number of Topliss-reactive ketones (excluding diaryl/α,β-unsaturated/α-hetero) is 1. The second-order valence-corrected chi connectivity index (χ2v) is 12.5. The second kappa shape index (κ2) is 11.6. The Morgan fingerprint density at radius 3 is 2.69 bits per heavy atom. The van der Waals surface area contributed by atoms with E-state index in [1.54, 1.807) is 30.6 Å². The standard InChI is InChI=1S/C33H36FN7O4/c1-18(2)33(4)13-28(42)25-9-19(3)10-26(31(25)45-33)36-15-23-12-22(34)16-40(23)29(43)17-41-27-6-5-20(21-7-8-37-38-14-21)11-24(27)30(39-41)32(35)44/h5-11,14,18,22-23,36H,12-13,15-17H2,1-4H3,(H2,35,44). The van der Waals surface area contributed by atoms with Gasteiger partial charge in [0.05, 0.1) is 48.2 Å². The van der Waals surface area contributed by atoms with E-state index in [4.69, 9.17) is 10.5 Å². The van der Waals surface area contributed by atoms with E-state index in [0.717, 1.165) is 16.7 Å². The predicted octanol–water partition coefficient (Wildman–Crippen LogP) is 4.33. The normalized spacial score (nSPS) is 21.2. The SMILES string of the molecule is Cc1cc(NCC2CC(F)CN2C(=O)Cn2nc(C(N)=O)c3cc(-c4ccnnc4)ccc32)c2c(c1)C(=O)CC(C)(C(C)C)O2. The van der Waals surface area contributed by atoms with E-state index in [0.29, 0.717) is 27.9 Å². The number of fused-ring (bicyclic) bond motifs is 2. The van der Waals surface area contributed by atoms with Crippen LogP contribution in [0.3, 0.4) is 0 Å². The molecule has 0 aliphatic carbocycles. The molecule has 0 saturated carbocycles. The van der Waals surface area contributed by atoms with Crippen LogP contribution >= 0.6 is 0 Å². The van der Waals surface area contributed by atoms with Gasteiger partial charge in [0.15, 0.2) is 17.2 Å². The molecule has 4 aromatic rings. The molecule has 1 fully saturated rings. The number of ketones is 1. The summed E-state index contributed by atoms with van der Waals surface area (Å²) in [6.07, 6.45) is 2.43. The highest BCUT2D eigenvalue weighted by atomic mass is 19.1. The van der Waals surface area contributed by atoms with Crippen molar-refractivity contribution < 1.29 is 23.5 Å². The third kappa shape index (κ3) is 5.72. The number of amides is 2. The quantitative estimate of drug-likeness (QED) is 0.299. The molecule has 0 bridgehead atoms. The van der Waals surface area contributed by atoms with E-state index in [-0.39, 0.29) is 55.8 Å². The van der Waals surface area contributed by atoms with Crippen molar-refractivity contribution in [1.82, 2.24) is 24.9 Å². The Morgan fingerprint density at radius 1 is 1.18 bits per heavy atom. The second-order valence-electron chi connectivity index (χ2n) is 12.5. The first kappa shape index (κ1) is 30.2. The monoisotopic (exact) mass is 613 g/mol. The largest absolute Gasteiger partial charge is 0.484 e. The van der Waals surface area contributed by atoms with Gasteiger partial charge in [-0.1, -0.05) is 19.9 Å². The topological polar surface area (TPSA) is 145 Å². The molecular formula is C33H36FN7O4. The molecule has 0 spiro atoms. The number of halogens is 1. The molecule has 1 saturated heterocycles. The maximum atomic E-state index is 14.8. The van der Waals surface area contributed by atoms with Gasteiger partial charge in [-0.05, 0) is 61.2 Å².